The third kappa shape index (κ3) is 16.6. The van der Waals surface area contributed by atoms with Gasteiger partial charge in [-0.05, 0) is 172 Å². The van der Waals surface area contributed by atoms with Gasteiger partial charge in [-0.3, -0.25) is 0 Å². The van der Waals surface area contributed by atoms with Crippen LogP contribution in [-0.4, -0.2) is 134 Å². The third-order valence-corrected chi connectivity index (χ3v) is 19.2. The van der Waals surface area contributed by atoms with Gasteiger partial charge in [-0.2, -0.15) is 39.5 Å². The lowest BCUT2D eigenvalue weighted by Gasteiger charge is -2.50. The summed E-state index contributed by atoms with van der Waals surface area (Å²) in [6.45, 7) is 10.4. The molecule has 1 radical (unpaired) electrons. The minimum absolute atomic E-state index is 0.0940. The fourth-order valence-corrected chi connectivity index (χ4v) is 14.2. The topological polar surface area (TPSA) is 77.1 Å². The minimum Gasteiger partial charge on any atom is -0.497 e. The van der Waals surface area contributed by atoms with Crippen LogP contribution in [-0.2, 0) is 35.7 Å². The van der Waals surface area contributed by atoms with Crippen molar-refractivity contribution in [2.45, 2.75) is 119 Å². The maximum atomic E-state index is 13.3. The number of ether oxygens (including phenoxy) is 8. The molecule has 4 unspecified atom stereocenters. The van der Waals surface area contributed by atoms with Crippen LogP contribution in [0.15, 0.2) is 97.1 Å². The number of methoxy groups -OCH3 is 2. The average molecular weight is 1220 g/mol. The second-order valence-electron chi connectivity index (χ2n) is 22.2. The van der Waals surface area contributed by atoms with E-state index in [4.69, 9.17) is 33.2 Å². The van der Waals surface area contributed by atoms with Crippen molar-refractivity contribution in [2.75, 3.05) is 98.7 Å². The van der Waals surface area contributed by atoms with Gasteiger partial charge in [0.1, 0.15) is 22.8 Å². The number of alkyl halides is 9. The highest BCUT2D eigenvalue weighted by molar-refractivity contribution is 8.76. The molecule has 2 saturated carbocycles. The maximum Gasteiger partial charge on any atom is 0.435 e. The van der Waals surface area contributed by atoms with E-state index in [1.54, 1.807) is 35.8 Å². The Hall–Kier alpha value is -3.89. The number of halogens is 9. The summed E-state index contributed by atoms with van der Waals surface area (Å²) in [5, 5.41) is 0. The van der Waals surface area contributed by atoms with Gasteiger partial charge >= 0.3 is 24.1 Å². The van der Waals surface area contributed by atoms with Crippen molar-refractivity contribution in [1.29, 1.82) is 0 Å². The Bertz CT molecular complexity index is 2460. The molecule has 0 heterocycles. The molecule has 4 aromatic carbocycles. The Kier molecular flexibility index (Phi) is 24.6. The van der Waals surface area contributed by atoms with E-state index < -0.39 is 42.8 Å². The Morgan fingerprint density at radius 3 is 1.82 bits per heavy atom. The lowest BCUT2D eigenvalue weighted by atomic mass is 9.55. The number of hydrogen-bond acceptors (Lipinski definition) is 11. The summed E-state index contributed by atoms with van der Waals surface area (Å²) >= 11 is 0. The van der Waals surface area contributed by atoms with Crippen molar-refractivity contribution in [3.05, 3.63) is 132 Å². The number of benzene rings is 4. The molecule has 0 bridgehead atoms. The quantitative estimate of drug-likeness (QED) is 0.0194. The molecule has 7 rings (SSSR count). The molecule has 0 aliphatic heterocycles. The minimum atomic E-state index is -6.75. The summed E-state index contributed by atoms with van der Waals surface area (Å²) in [5.41, 5.74) is -1.80. The molecule has 0 N–H and O–H groups in total. The zero-order valence-electron chi connectivity index (χ0n) is 48.0. The van der Waals surface area contributed by atoms with E-state index in [9.17, 15) is 39.5 Å². The molecule has 2 fully saturated rings. The monoisotopic (exact) mass is 1210 g/mol. The number of likely N-dealkylation sites (N-methyl/N-ethyl adjacent to an activating group) is 1. The second-order valence-corrected chi connectivity index (χ2v) is 24.9. The normalized spacial score (nSPS) is 20.7. The van der Waals surface area contributed by atoms with Crippen LogP contribution in [0.2, 0.25) is 0 Å². The number of unbranched alkanes of at least 4 members (excludes halogenated alkanes) is 1. The summed E-state index contributed by atoms with van der Waals surface area (Å²) in [5.74, 6) is 5.25. The molecule has 0 aromatic heterocycles. The first-order valence-electron chi connectivity index (χ1n) is 28.8. The molecule has 20 heteroatoms. The van der Waals surface area contributed by atoms with Gasteiger partial charge in [0.25, 0.3) is 0 Å². The number of fused-ring (bicyclic) bond motifs is 5. The highest BCUT2D eigenvalue weighted by Crippen LogP contribution is 2.62. The molecule has 461 valence electrons. The fourth-order valence-electron chi connectivity index (χ4n) is 12.5. The van der Waals surface area contributed by atoms with Crippen molar-refractivity contribution < 1.29 is 77.4 Å². The molecule has 6 atom stereocenters. The van der Waals surface area contributed by atoms with Gasteiger partial charge in [0.15, 0.2) is 0 Å². The van der Waals surface area contributed by atoms with Crippen molar-refractivity contribution in [3.8, 4) is 17.2 Å². The Morgan fingerprint density at radius 2 is 1.20 bits per heavy atom. The third-order valence-electron chi connectivity index (χ3n) is 16.9. The summed E-state index contributed by atoms with van der Waals surface area (Å²) in [4.78, 5) is 2.32. The Balaban J connectivity index is 0.703. The molecule has 3 aliphatic rings. The van der Waals surface area contributed by atoms with E-state index in [2.05, 4.69) is 79.1 Å². The van der Waals surface area contributed by atoms with Crippen LogP contribution >= 0.6 is 21.6 Å². The van der Waals surface area contributed by atoms with Gasteiger partial charge < -0.3 is 42.8 Å². The van der Waals surface area contributed by atoms with Crippen LogP contribution in [0.1, 0.15) is 105 Å². The van der Waals surface area contributed by atoms with Gasteiger partial charge in [-0.25, -0.2) is 0 Å². The zero-order valence-corrected chi connectivity index (χ0v) is 49.7. The molecule has 83 heavy (non-hydrogen) atoms. The van der Waals surface area contributed by atoms with Crippen LogP contribution in [0.25, 0.3) is 0 Å². The maximum absolute atomic E-state index is 13.3. The summed E-state index contributed by atoms with van der Waals surface area (Å²) in [6, 6.07) is 32.8. The number of rotatable bonds is 34. The first-order chi connectivity index (χ1) is 39.7. The summed E-state index contributed by atoms with van der Waals surface area (Å²) in [7, 11) is 9.04. The molecular weight excluding hydrogens is 1130 g/mol. The van der Waals surface area contributed by atoms with E-state index in [1.807, 2.05) is 48.5 Å². The standard InChI is InChI=1S/C63H81F9NO8S2/c1-45(44-81-59(47-14-7-6-8-15-47,48-17-21-50(74-4)22-18-48)49-19-23-51(75-5)24-20-49)13-9-10-32-73(3)33-38-77-40-42-83-82-41-39-76-34-11-35-78-52-25-27-53-46(43-52)16-26-55-54(53)30-31-58(2)56(55)28-29-57(58)79-36-12-37-80-60(61(64,65)66,62(67,68)69)63(70,71)72/h6-8,14-15,17-25,27,43,45,54-57H,1,9-13,16,26,28-42,44H2,2-5H3/t45?,54?,55?,56?,57-,58-/m0/s1. The van der Waals surface area contributed by atoms with E-state index in [0.717, 1.165) is 116 Å². The van der Waals surface area contributed by atoms with E-state index in [1.165, 1.54) is 11.1 Å². The highest BCUT2D eigenvalue weighted by atomic mass is 33.1. The van der Waals surface area contributed by atoms with Gasteiger partial charge in [-0.15, -0.1) is 0 Å². The van der Waals surface area contributed by atoms with Crippen LogP contribution in [0.3, 0.4) is 0 Å². The van der Waals surface area contributed by atoms with Gasteiger partial charge in [0.05, 0.1) is 60.0 Å². The summed E-state index contributed by atoms with van der Waals surface area (Å²) < 4.78 is 165. The zero-order chi connectivity index (χ0) is 59.7. The number of aryl methyl sites for hydroxylation is 1. The van der Waals surface area contributed by atoms with E-state index >= 15 is 0 Å². The van der Waals surface area contributed by atoms with Crippen molar-refractivity contribution in [3.63, 3.8) is 0 Å². The molecule has 3 aliphatic carbocycles. The lowest BCUT2D eigenvalue weighted by Crippen LogP contribution is -2.67. The first-order valence-corrected chi connectivity index (χ1v) is 31.3. The van der Waals surface area contributed by atoms with Crippen LogP contribution in [0.4, 0.5) is 39.5 Å². The summed E-state index contributed by atoms with van der Waals surface area (Å²) in [6.07, 6.45) is -12.3. The van der Waals surface area contributed by atoms with Crippen LogP contribution in [0, 0.1) is 30.1 Å². The lowest BCUT2D eigenvalue weighted by molar-refractivity contribution is -0.457. The highest BCUT2D eigenvalue weighted by Gasteiger charge is 2.85. The van der Waals surface area contributed by atoms with Crippen molar-refractivity contribution >= 4 is 21.6 Å². The Labute approximate surface area is 492 Å². The predicted molar refractivity (Wildman–Crippen MR) is 307 cm³/mol. The van der Waals surface area contributed by atoms with Crippen LogP contribution in [0.5, 0.6) is 17.2 Å². The van der Waals surface area contributed by atoms with E-state index in [-0.39, 0.29) is 24.0 Å². The smallest absolute Gasteiger partial charge is 0.435 e. The predicted octanol–water partition coefficient (Wildman–Crippen LogP) is 15.5. The van der Waals surface area contributed by atoms with Gasteiger partial charge in [-0.1, -0.05) is 95.6 Å². The largest absolute Gasteiger partial charge is 0.497 e. The number of nitrogens with zero attached hydrogens (tertiary/aromatic N) is 1. The molecule has 4 aromatic rings. The molecule has 0 saturated heterocycles. The fraction of sp³-hybridized carbons (Fsp3) is 0.603. The second kappa shape index (κ2) is 30.6. The Morgan fingerprint density at radius 1 is 0.614 bits per heavy atom. The van der Waals surface area contributed by atoms with Crippen molar-refractivity contribution in [2.24, 2.45) is 23.2 Å². The molecule has 0 spiro atoms. The van der Waals surface area contributed by atoms with Crippen LogP contribution < -0.4 is 14.2 Å². The molecular formula is C63H81F9NO8S2. The SMILES string of the molecule is [CH2]C(CCCCN(C)CCOCCSSCCOCCCOc1ccc2c(c1)CCC1C2CC[C@@]2(C)C1CC[C@@H]2OCCCOC(C(F)(F)F)(C(F)(F)F)C(F)(F)F)COC(c1ccccc1)(c1ccc(OC)cc1)c1ccc(OC)cc1. The van der Waals surface area contributed by atoms with E-state index in [0.29, 0.717) is 63.8 Å². The van der Waals surface area contributed by atoms with Gasteiger partial charge in [0, 0.05) is 37.7 Å². The first kappa shape index (κ1) is 66.6. The van der Waals surface area contributed by atoms with Crippen molar-refractivity contribution in [1.82, 2.24) is 4.90 Å². The molecule has 9 nitrogen and oxygen atoms in total. The average Bonchev–Trinajstić information content (AvgIpc) is 2.02. The van der Waals surface area contributed by atoms with Gasteiger partial charge in [0.2, 0.25) is 0 Å². The molecule has 0 amide bonds. The number of hydrogen-bond donors (Lipinski definition) is 0.